The van der Waals surface area contributed by atoms with Gasteiger partial charge in [0, 0.05) is 31.2 Å². The van der Waals surface area contributed by atoms with Crippen molar-refractivity contribution in [1.82, 2.24) is 14.5 Å². The molecule has 2 aliphatic heterocycles. The lowest BCUT2D eigenvalue weighted by Gasteiger charge is -2.21. The molecule has 0 aliphatic carbocycles. The van der Waals surface area contributed by atoms with E-state index in [2.05, 4.69) is 29.5 Å². The molecule has 1 saturated heterocycles. The molecule has 2 unspecified atom stereocenters. The Morgan fingerprint density at radius 2 is 2.20 bits per heavy atom. The summed E-state index contributed by atoms with van der Waals surface area (Å²) in [6.45, 7) is 8.31. The lowest BCUT2D eigenvalue weighted by atomic mass is 10.0. The fourth-order valence-electron chi connectivity index (χ4n) is 3.69. The smallest absolute Gasteiger partial charge is 0.114 e. The van der Waals surface area contributed by atoms with Gasteiger partial charge in [-0.15, -0.1) is 0 Å². The van der Waals surface area contributed by atoms with Crippen LogP contribution in [0.3, 0.4) is 0 Å². The molecule has 0 spiro atoms. The fourth-order valence-corrected chi connectivity index (χ4v) is 3.69. The van der Waals surface area contributed by atoms with Crippen molar-refractivity contribution in [3.63, 3.8) is 0 Å². The van der Waals surface area contributed by atoms with Crippen molar-refractivity contribution in [1.29, 1.82) is 0 Å². The second-order valence-corrected chi connectivity index (χ2v) is 6.75. The number of aliphatic hydroxyl groups excluding tert-OH is 1. The SMILES string of the molecule is CC(C)N1CCC(Cc2cn3c(n2)C(CO)CCC3)C1. The summed E-state index contributed by atoms with van der Waals surface area (Å²) in [6, 6.07) is 0.661. The Labute approximate surface area is 121 Å². The highest BCUT2D eigenvalue weighted by molar-refractivity contribution is 5.11. The van der Waals surface area contributed by atoms with Crippen molar-refractivity contribution >= 4 is 0 Å². The second kappa shape index (κ2) is 5.86. The first-order valence-electron chi connectivity index (χ1n) is 8.08. The quantitative estimate of drug-likeness (QED) is 0.915. The molecule has 4 heteroatoms. The summed E-state index contributed by atoms with van der Waals surface area (Å²) in [5.41, 5.74) is 1.23. The third-order valence-corrected chi connectivity index (χ3v) is 4.94. The molecule has 3 heterocycles. The molecule has 20 heavy (non-hydrogen) atoms. The van der Waals surface area contributed by atoms with Crippen LogP contribution in [-0.2, 0) is 13.0 Å². The Morgan fingerprint density at radius 1 is 1.35 bits per heavy atom. The molecule has 1 aromatic rings. The minimum absolute atomic E-state index is 0.237. The molecular weight excluding hydrogens is 250 g/mol. The van der Waals surface area contributed by atoms with Crippen LogP contribution in [0, 0.1) is 5.92 Å². The Bertz CT molecular complexity index is 455. The summed E-state index contributed by atoms with van der Waals surface area (Å²) in [7, 11) is 0. The zero-order valence-electron chi connectivity index (χ0n) is 12.8. The minimum atomic E-state index is 0.237. The number of fused-ring (bicyclic) bond motifs is 1. The first kappa shape index (κ1) is 14.1. The van der Waals surface area contributed by atoms with Gasteiger partial charge in [0.05, 0.1) is 12.3 Å². The van der Waals surface area contributed by atoms with Crippen molar-refractivity contribution in [2.24, 2.45) is 5.92 Å². The van der Waals surface area contributed by atoms with Crippen LogP contribution in [0.25, 0.3) is 0 Å². The highest BCUT2D eigenvalue weighted by atomic mass is 16.3. The third kappa shape index (κ3) is 2.77. The topological polar surface area (TPSA) is 41.3 Å². The summed E-state index contributed by atoms with van der Waals surface area (Å²) in [6.07, 6.45) is 6.87. The van der Waals surface area contributed by atoms with Crippen molar-refractivity contribution in [3.8, 4) is 0 Å². The van der Waals surface area contributed by atoms with Gasteiger partial charge in [0.2, 0.25) is 0 Å². The number of imidazole rings is 1. The molecule has 1 N–H and O–H groups in total. The standard InChI is InChI=1S/C16H27N3O/c1-12(2)18-7-5-13(9-18)8-15-10-19-6-3-4-14(11-20)16(19)17-15/h10,12-14,20H,3-9,11H2,1-2H3. The maximum absolute atomic E-state index is 9.47. The van der Waals surface area contributed by atoms with Crippen LogP contribution in [0.4, 0.5) is 0 Å². The van der Waals surface area contributed by atoms with Gasteiger partial charge in [-0.2, -0.15) is 0 Å². The van der Waals surface area contributed by atoms with E-state index in [4.69, 9.17) is 4.98 Å². The minimum Gasteiger partial charge on any atom is -0.396 e. The molecule has 2 atom stereocenters. The average Bonchev–Trinajstić information content (AvgIpc) is 3.04. The second-order valence-electron chi connectivity index (χ2n) is 6.75. The molecule has 3 rings (SSSR count). The van der Waals surface area contributed by atoms with Gasteiger partial charge in [0.1, 0.15) is 5.82 Å². The van der Waals surface area contributed by atoms with Crippen LogP contribution < -0.4 is 0 Å². The number of likely N-dealkylation sites (tertiary alicyclic amines) is 1. The fraction of sp³-hybridized carbons (Fsp3) is 0.812. The molecule has 0 saturated carbocycles. The van der Waals surface area contributed by atoms with Crippen molar-refractivity contribution < 1.29 is 5.11 Å². The number of rotatable bonds is 4. The van der Waals surface area contributed by atoms with Crippen molar-refractivity contribution in [2.45, 2.75) is 58.0 Å². The van der Waals surface area contributed by atoms with E-state index in [0.717, 1.165) is 31.1 Å². The first-order chi connectivity index (χ1) is 9.67. The van der Waals surface area contributed by atoms with E-state index in [0.29, 0.717) is 6.04 Å². The van der Waals surface area contributed by atoms with Crippen molar-refractivity contribution in [2.75, 3.05) is 19.7 Å². The summed E-state index contributed by atoms with van der Waals surface area (Å²) >= 11 is 0. The molecule has 0 aromatic carbocycles. The Hall–Kier alpha value is -0.870. The van der Waals surface area contributed by atoms with Crippen LogP contribution in [-0.4, -0.2) is 45.3 Å². The van der Waals surface area contributed by atoms with Gasteiger partial charge in [-0.3, -0.25) is 0 Å². The maximum Gasteiger partial charge on any atom is 0.114 e. The zero-order chi connectivity index (χ0) is 14.1. The number of aromatic nitrogens is 2. The molecule has 0 amide bonds. The van der Waals surface area contributed by atoms with Crippen LogP contribution in [0.1, 0.15) is 50.5 Å². The monoisotopic (exact) mass is 277 g/mol. The Balaban J connectivity index is 1.66. The number of hydrogen-bond donors (Lipinski definition) is 1. The van der Waals surface area contributed by atoms with E-state index < -0.39 is 0 Å². The predicted molar refractivity (Wildman–Crippen MR) is 79.8 cm³/mol. The number of aliphatic hydroxyl groups is 1. The van der Waals surface area contributed by atoms with E-state index >= 15 is 0 Å². The largest absolute Gasteiger partial charge is 0.396 e. The molecular formula is C16H27N3O. The maximum atomic E-state index is 9.47. The van der Waals surface area contributed by atoms with E-state index in [9.17, 15) is 5.11 Å². The molecule has 0 radical (unpaired) electrons. The highest BCUT2D eigenvalue weighted by Crippen LogP contribution is 2.28. The molecule has 2 aliphatic rings. The van der Waals surface area contributed by atoms with Gasteiger partial charge in [0.25, 0.3) is 0 Å². The Morgan fingerprint density at radius 3 is 2.90 bits per heavy atom. The van der Waals surface area contributed by atoms with Crippen molar-refractivity contribution in [3.05, 3.63) is 17.7 Å². The number of hydrogen-bond acceptors (Lipinski definition) is 3. The lowest BCUT2D eigenvalue weighted by Crippen LogP contribution is -2.28. The number of aryl methyl sites for hydroxylation is 1. The summed E-state index contributed by atoms with van der Waals surface area (Å²) in [4.78, 5) is 7.39. The van der Waals surface area contributed by atoms with Gasteiger partial charge >= 0.3 is 0 Å². The first-order valence-corrected chi connectivity index (χ1v) is 8.08. The van der Waals surface area contributed by atoms with Gasteiger partial charge in [-0.05, 0) is 52.0 Å². The zero-order valence-corrected chi connectivity index (χ0v) is 12.8. The van der Waals surface area contributed by atoms with E-state index in [-0.39, 0.29) is 12.5 Å². The molecule has 0 bridgehead atoms. The Kier molecular flexibility index (Phi) is 4.13. The number of nitrogens with zero attached hydrogens (tertiary/aromatic N) is 3. The van der Waals surface area contributed by atoms with Gasteiger partial charge in [-0.25, -0.2) is 4.98 Å². The van der Waals surface area contributed by atoms with Crippen LogP contribution in [0.5, 0.6) is 0 Å². The van der Waals surface area contributed by atoms with E-state index in [1.165, 1.54) is 31.6 Å². The third-order valence-electron chi connectivity index (χ3n) is 4.94. The van der Waals surface area contributed by atoms with Gasteiger partial charge in [-0.1, -0.05) is 0 Å². The van der Waals surface area contributed by atoms with Crippen LogP contribution in [0.2, 0.25) is 0 Å². The average molecular weight is 277 g/mol. The van der Waals surface area contributed by atoms with Crippen LogP contribution in [0.15, 0.2) is 6.20 Å². The van der Waals surface area contributed by atoms with E-state index in [1.54, 1.807) is 0 Å². The summed E-state index contributed by atoms with van der Waals surface area (Å²) < 4.78 is 2.27. The predicted octanol–water partition coefficient (Wildman–Crippen LogP) is 2.03. The van der Waals surface area contributed by atoms with Gasteiger partial charge in [0.15, 0.2) is 0 Å². The van der Waals surface area contributed by atoms with Gasteiger partial charge < -0.3 is 14.6 Å². The normalized spacial score (nSPS) is 27.2. The summed E-state index contributed by atoms with van der Waals surface area (Å²) in [5, 5.41) is 9.47. The molecule has 112 valence electrons. The molecule has 4 nitrogen and oxygen atoms in total. The highest BCUT2D eigenvalue weighted by Gasteiger charge is 2.27. The molecule has 1 fully saturated rings. The lowest BCUT2D eigenvalue weighted by molar-refractivity contribution is 0.238. The summed E-state index contributed by atoms with van der Waals surface area (Å²) in [5.74, 6) is 2.13. The van der Waals surface area contributed by atoms with E-state index in [1.807, 2.05) is 0 Å². The molecule has 1 aromatic heterocycles. The van der Waals surface area contributed by atoms with Crippen LogP contribution >= 0.6 is 0 Å².